The quantitative estimate of drug-likeness (QED) is 0.600. The standard InChI is InChI=1S/C25H29N5O3/c1-33-21-10-5-9-20(17-21)27-13-15-28(16-14-27)24(31)22-11-6-12-29-23(22)26-30(25(29)32)18-19-7-3-2-4-8-19/h2-5,7-10,17,22H,6,11-16,18H2,1H3. The van der Waals surface area contributed by atoms with Gasteiger partial charge in [0.15, 0.2) is 0 Å². The third-order valence-electron chi connectivity index (χ3n) is 6.62. The molecule has 1 atom stereocenters. The van der Waals surface area contributed by atoms with E-state index in [-0.39, 0.29) is 17.5 Å². The first-order valence-corrected chi connectivity index (χ1v) is 11.5. The van der Waals surface area contributed by atoms with Crippen molar-refractivity contribution in [2.75, 3.05) is 38.2 Å². The summed E-state index contributed by atoms with van der Waals surface area (Å²) >= 11 is 0. The molecule has 1 saturated heterocycles. The molecule has 0 spiro atoms. The van der Waals surface area contributed by atoms with Gasteiger partial charge in [-0.05, 0) is 30.5 Å². The van der Waals surface area contributed by atoms with Crippen LogP contribution in [0, 0.1) is 0 Å². The van der Waals surface area contributed by atoms with Gasteiger partial charge in [-0.3, -0.25) is 9.36 Å². The van der Waals surface area contributed by atoms with Crippen molar-refractivity contribution >= 4 is 11.6 Å². The van der Waals surface area contributed by atoms with Crippen molar-refractivity contribution in [3.8, 4) is 5.75 Å². The van der Waals surface area contributed by atoms with Crippen LogP contribution in [0.3, 0.4) is 0 Å². The van der Waals surface area contributed by atoms with Crippen LogP contribution in [0.5, 0.6) is 5.75 Å². The van der Waals surface area contributed by atoms with Crippen LogP contribution in [0.2, 0.25) is 0 Å². The van der Waals surface area contributed by atoms with Crippen molar-refractivity contribution in [2.24, 2.45) is 0 Å². The SMILES string of the molecule is COc1cccc(N2CCN(C(=O)C3CCCn4c3nn(Cc3ccccc3)c4=O)CC2)c1. The Morgan fingerprint density at radius 3 is 2.58 bits per heavy atom. The lowest BCUT2D eigenvalue weighted by Crippen LogP contribution is -2.50. The van der Waals surface area contributed by atoms with E-state index in [1.165, 1.54) is 4.68 Å². The predicted molar refractivity (Wildman–Crippen MR) is 126 cm³/mol. The number of fused-ring (bicyclic) bond motifs is 1. The summed E-state index contributed by atoms with van der Waals surface area (Å²) in [4.78, 5) is 30.6. The van der Waals surface area contributed by atoms with Crippen molar-refractivity contribution in [1.29, 1.82) is 0 Å². The van der Waals surface area contributed by atoms with E-state index in [9.17, 15) is 9.59 Å². The fraction of sp³-hybridized carbons (Fsp3) is 0.400. The van der Waals surface area contributed by atoms with Gasteiger partial charge in [-0.2, -0.15) is 5.10 Å². The molecule has 2 aliphatic heterocycles. The van der Waals surface area contributed by atoms with Gasteiger partial charge >= 0.3 is 5.69 Å². The summed E-state index contributed by atoms with van der Waals surface area (Å²) in [5.74, 6) is 1.17. The maximum absolute atomic E-state index is 13.5. The van der Waals surface area contributed by atoms with Gasteiger partial charge in [0.1, 0.15) is 11.6 Å². The molecule has 2 aliphatic rings. The summed E-state index contributed by atoms with van der Waals surface area (Å²) < 4.78 is 8.53. The molecule has 8 heteroatoms. The Bertz CT molecular complexity index is 1180. The van der Waals surface area contributed by atoms with Crippen molar-refractivity contribution < 1.29 is 9.53 Å². The number of piperazine rings is 1. The highest BCUT2D eigenvalue weighted by Gasteiger charge is 2.35. The number of hydrogen-bond donors (Lipinski definition) is 0. The van der Waals surface area contributed by atoms with Gasteiger partial charge in [-0.1, -0.05) is 36.4 Å². The molecule has 1 unspecified atom stereocenters. The molecular weight excluding hydrogens is 418 g/mol. The third kappa shape index (κ3) is 4.25. The van der Waals surface area contributed by atoms with Gasteiger partial charge in [0.05, 0.1) is 19.6 Å². The maximum Gasteiger partial charge on any atom is 0.346 e. The summed E-state index contributed by atoms with van der Waals surface area (Å²) in [6, 6.07) is 17.8. The van der Waals surface area contributed by atoms with Crippen LogP contribution in [-0.2, 0) is 17.9 Å². The van der Waals surface area contributed by atoms with Gasteiger partial charge in [-0.15, -0.1) is 0 Å². The Labute approximate surface area is 193 Å². The Kier molecular flexibility index (Phi) is 5.90. The van der Waals surface area contributed by atoms with Crippen LogP contribution < -0.4 is 15.3 Å². The molecule has 0 N–H and O–H groups in total. The number of rotatable bonds is 5. The van der Waals surface area contributed by atoms with Crippen molar-refractivity contribution in [3.63, 3.8) is 0 Å². The van der Waals surface area contributed by atoms with Crippen LogP contribution in [0.15, 0.2) is 59.4 Å². The van der Waals surface area contributed by atoms with Gasteiger partial charge in [-0.25, -0.2) is 9.48 Å². The van der Waals surface area contributed by atoms with Crippen LogP contribution in [0.25, 0.3) is 0 Å². The molecule has 3 aromatic rings. The largest absolute Gasteiger partial charge is 0.497 e. The summed E-state index contributed by atoms with van der Waals surface area (Å²) in [7, 11) is 1.67. The first kappa shape index (κ1) is 21.3. The molecule has 2 aromatic carbocycles. The number of nitrogens with zero attached hydrogens (tertiary/aromatic N) is 5. The third-order valence-corrected chi connectivity index (χ3v) is 6.62. The molecular formula is C25H29N5O3. The lowest BCUT2D eigenvalue weighted by Gasteiger charge is -2.38. The first-order valence-electron chi connectivity index (χ1n) is 11.5. The van der Waals surface area contributed by atoms with Crippen molar-refractivity contribution in [3.05, 3.63) is 76.5 Å². The van der Waals surface area contributed by atoms with E-state index in [0.717, 1.165) is 42.9 Å². The smallest absolute Gasteiger partial charge is 0.346 e. The fourth-order valence-corrected chi connectivity index (χ4v) is 4.81. The highest BCUT2D eigenvalue weighted by molar-refractivity contribution is 5.83. The van der Waals surface area contributed by atoms with E-state index >= 15 is 0 Å². The average molecular weight is 448 g/mol. The Hall–Kier alpha value is -3.55. The van der Waals surface area contributed by atoms with Gasteiger partial charge in [0.2, 0.25) is 5.91 Å². The average Bonchev–Trinajstić information content (AvgIpc) is 3.19. The van der Waals surface area contributed by atoms with Gasteiger partial charge < -0.3 is 14.5 Å². The van der Waals surface area contributed by atoms with E-state index in [0.29, 0.717) is 32.0 Å². The van der Waals surface area contributed by atoms with Gasteiger partial charge in [0.25, 0.3) is 0 Å². The van der Waals surface area contributed by atoms with Crippen LogP contribution in [0.1, 0.15) is 30.1 Å². The number of methoxy groups -OCH3 is 1. The molecule has 172 valence electrons. The number of carbonyl (C=O) groups excluding carboxylic acids is 1. The number of benzene rings is 2. The minimum absolute atomic E-state index is 0.0816. The number of ether oxygens (including phenoxy) is 1. The zero-order chi connectivity index (χ0) is 22.8. The molecule has 3 heterocycles. The minimum atomic E-state index is -0.355. The topological polar surface area (TPSA) is 72.6 Å². The molecule has 0 radical (unpaired) electrons. The maximum atomic E-state index is 13.5. The Morgan fingerprint density at radius 1 is 1.03 bits per heavy atom. The summed E-state index contributed by atoms with van der Waals surface area (Å²) in [5, 5.41) is 4.62. The molecule has 33 heavy (non-hydrogen) atoms. The second-order valence-corrected chi connectivity index (χ2v) is 8.64. The second-order valence-electron chi connectivity index (χ2n) is 8.64. The molecule has 1 amide bonds. The Morgan fingerprint density at radius 2 is 1.82 bits per heavy atom. The molecule has 1 fully saturated rings. The normalized spacial score (nSPS) is 18.2. The molecule has 8 nitrogen and oxygen atoms in total. The second kappa shape index (κ2) is 9.13. The van der Waals surface area contributed by atoms with Crippen molar-refractivity contribution in [2.45, 2.75) is 31.8 Å². The van der Waals surface area contributed by atoms with E-state index in [1.807, 2.05) is 53.4 Å². The van der Waals surface area contributed by atoms with Crippen LogP contribution >= 0.6 is 0 Å². The van der Waals surface area contributed by atoms with Crippen molar-refractivity contribution in [1.82, 2.24) is 19.2 Å². The number of amides is 1. The van der Waals surface area contributed by atoms with Crippen LogP contribution in [-0.4, -0.2) is 58.4 Å². The van der Waals surface area contributed by atoms with E-state index in [2.05, 4.69) is 16.1 Å². The number of anilines is 1. The first-order chi connectivity index (χ1) is 16.1. The molecule has 0 bridgehead atoms. The summed E-state index contributed by atoms with van der Waals surface area (Å²) in [6.07, 6.45) is 1.54. The predicted octanol–water partition coefficient (Wildman–Crippen LogP) is 2.33. The lowest BCUT2D eigenvalue weighted by atomic mass is 9.97. The van der Waals surface area contributed by atoms with Crippen LogP contribution in [0.4, 0.5) is 5.69 Å². The summed E-state index contributed by atoms with van der Waals surface area (Å²) in [6.45, 7) is 3.88. The lowest BCUT2D eigenvalue weighted by molar-refractivity contribution is -0.133. The summed E-state index contributed by atoms with van der Waals surface area (Å²) in [5.41, 5.74) is 1.99. The van der Waals surface area contributed by atoms with Gasteiger partial charge in [0, 0.05) is 44.5 Å². The van der Waals surface area contributed by atoms with E-state index in [1.54, 1.807) is 11.7 Å². The van der Waals surface area contributed by atoms with E-state index in [4.69, 9.17) is 4.74 Å². The molecule has 0 saturated carbocycles. The highest BCUT2D eigenvalue weighted by atomic mass is 16.5. The number of hydrogen-bond acceptors (Lipinski definition) is 5. The van der Waals surface area contributed by atoms with E-state index < -0.39 is 0 Å². The molecule has 0 aliphatic carbocycles. The minimum Gasteiger partial charge on any atom is -0.497 e. The molecule has 1 aromatic heterocycles. The highest BCUT2D eigenvalue weighted by Crippen LogP contribution is 2.28. The monoisotopic (exact) mass is 447 g/mol. The Balaban J connectivity index is 1.29. The number of aromatic nitrogens is 3. The number of carbonyl (C=O) groups is 1. The molecule has 5 rings (SSSR count). The zero-order valence-corrected chi connectivity index (χ0v) is 18.9. The fourth-order valence-electron chi connectivity index (χ4n) is 4.81. The zero-order valence-electron chi connectivity index (χ0n) is 18.9.